The molecule has 0 amide bonds. The van der Waals surface area contributed by atoms with E-state index in [1.807, 2.05) is 13.1 Å². The third-order valence-electron chi connectivity index (χ3n) is 4.94. The normalized spacial score (nSPS) is 15.7. The number of quaternary nitrogens is 1. The number of anilines is 1. The summed E-state index contributed by atoms with van der Waals surface area (Å²) in [6.07, 6.45) is 3.12. The molecule has 26 heavy (non-hydrogen) atoms. The van der Waals surface area contributed by atoms with Crippen LogP contribution in [0, 0.1) is 0 Å². The first-order valence-electron chi connectivity index (χ1n) is 8.74. The van der Waals surface area contributed by atoms with Crippen molar-refractivity contribution < 1.29 is 19.1 Å². The van der Waals surface area contributed by atoms with Crippen LogP contribution >= 0.6 is 0 Å². The van der Waals surface area contributed by atoms with Crippen LogP contribution in [0.5, 0.6) is 17.2 Å². The smallest absolute Gasteiger partial charge is 0.161 e. The number of nitrogens with one attached hydrogen (secondary N) is 2. The molecule has 138 valence electrons. The van der Waals surface area contributed by atoms with Crippen LogP contribution < -0.4 is 34.9 Å². The van der Waals surface area contributed by atoms with Crippen LogP contribution in [0.1, 0.15) is 5.56 Å². The molecule has 1 heterocycles. The molecule has 0 radical (unpaired) electrons. The molecule has 1 aliphatic rings. The molecule has 0 saturated heterocycles. The van der Waals surface area contributed by atoms with E-state index in [1.165, 1.54) is 26.6 Å². The van der Waals surface area contributed by atoms with E-state index in [1.54, 1.807) is 21.3 Å². The number of hydrogen-bond acceptors (Lipinski definition) is 4. The number of likely N-dealkylation sites (N-methyl/N-ethyl adjacent to an activating group) is 1. The highest BCUT2D eigenvalue weighted by atomic mass is 16.5. The molecule has 1 atom stereocenters. The minimum atomic E-state index is 0.750. The summed E-state index contributed by atoms with van der Waals surface area (Å²) in [4.78, 5) is 1.38. The van der Waals surface area contributed by atoms with Crippen molar-refractivity contribution in [3.05, 3.63) is 46.3 Å². The van der Waals surface area contributed by atoms with Gasteiger partial charge in [-0.25, -0.2) is 0 Å². The maximum Gasteiger partial charge on any atom is 0.161 e. The summed E-state index contributed by atoms with van der Waals surface area (Å²) in [5.41, 5.74) is 3.55. The average molecular weight is 355 g/mol. The van der Waals surface area contributed by atoms with Gasteiger partial charge in [0.05, 0.1) is 34.1 Å². The van der Waals surface area contributed by atoms with E-state index in [-0.39, 0.29) is 0 Å². The first kappa shape index (κ1) is 18.1. The SMILES string of the molecule is CNc1cc2c(cc1OC)=C(Cc1ccc(OC)c(OC)c1)[NH+](C)CC=2. The minimum absolute atomic E-state index is 0.750. The van der Waals surface area contributed by atoms with Crippen molar-refractivity contribution >= 4 is 17.5 Å². The summed E-state index contributed by atoms with van der Waals surface area (Å²) < 4.78 is 16.4. The summed E-state index contributed by atoms with van der Waals surface area (Å²) in [5, 5.41) is 5.69. The third kappa shape index (κ3) is 3.35. The summed E-state index contributed by atoms with van der Waals surface area (Å²) in [5.74, 6) is 2.37. The Morgan fingerprint density at radius 2 is 1.69 bits per heavy atom. The Bertz CT molecular complexity index is 922. The second kappa shape index (κ2) is 7.70. The van der Waals surface area contributed by atoms with Gasteiger partial charge in [0.25, 0.3) is 0 Å². The highest BCUT2D eigenvalue weighted by Crippen LogP contribution is 2.28. The van der Waals surface area contributed by atoms with Crippen LogP contribution in [0.2, 0.25) is 0 Å². The van der Waals surface area contributed by atoms with Gasteiger partial charge in [0.1, 0.15) is 18.0 Å². The molecule has 0 aromatic heterocycles. The molecule has 2 N–H and O–H groups in total. The summed E-state index contributed by atoms with van der Waals surface area (Å²) >= 11 is 0. The first-order chi connectivity index (χ1) is 12.6. The van der Waals surface area contributed by atoms with Crippen molar-refractivity contribution in [2.24, 2.45) is 0 Å². The lowest BCUT2D eigenvalue weighted by molar-refractivity contribution is -0.797. The van der Waals surface area contributed by atoms with E-state index in [0.717, 1.165) is 35.9 Å². The molecule has 5 heteroatoms. The maximum atomic E-state index is 5.57. The molecule has 2 aromatic carbocycles. The topological polar surface area (TPSA) is 44.2 Å². The number of hydrogen-bond donors (Lipinski definition) is 2. The Morgan fingerprint density at radius 1 is 0.962 bits per heavy atom. The molecule has 0 saturated carbocycles. The highest BCUT2D eigenvalue weighted by molar-refractivity contribution is 5.60. The molecule has 0 spiro atoms. The lowest BCUT2D eigenvalue weighted by Crippen LogP contribution is -3.08. The third-order valence-corrected chi connectivity index (χ3v) is 4.94. The Labute approximate surface area is 154 Å². The van der Waals surface area contributed by atoms with Crippen molar-refractivity contribution in [1.29, 1.82) is 0 Å². The molecule has 1 aliphatic heterocycles. The maximum absolute atomic E-state index is 5.57. The van der Waals surface area contributed by atoms with Gasteiger partial charge in [-0.2, -0.15) is 0 Å². The summed E-state index contributed by atoms with van der Waals surface area (Å²) in [6.45, 7) is 0.963. The Morgan fingerprint density at radius 3 is 2.35 bits per heavy atom. The first-order valence-corrected chi connectivity index (χ1v) is 8.74. The van der Waals surface area contributed by atoms with E-state index in [9.17, 15) is 0 Å². The molecular weight excluding hydrogens is 328 g/mol. The van der Waals surface area contributed by atoms with Gasteiger partial charge in [0, 0.05) is 18.7 Å². The van der Waals surface area contributed by atoms with Gasteiger partial charge in [0.2, 0.25) is 0 Å². The van der Waals surface area contributed by atoms with Crippen molar-refractivity contribution in [3.63, 3.8) is 0 Å². The van der Waals surface area contributed by atoms with Crippen molar-refractivity contribution in [3.8, 4) is 17.2 Å². The fourth-order valence-electron chi connectivity index (χ4n) is 3.45. The van der Waals surface area contributed by atoms with Gasteiger partial charge < -0.3 is 24.4 Å². The number of fused-ring (bicyclic) bond motifs is 1. The fourth-order valence-corrected chi connectivity index (χ4v) is 3.45. The average Bonchev–Trinajstić information content (AvgIpc) is 2.68. The molecular formula is C21H27N2O3+. The van der Waals surface area contributed by atoms with Crippen LogP contribution in [-0.2, 0) is 6.42 Å². The van der Waals surface area contributed by atoms with Gasteiger partial charge in [-0.1, -0.05) is 6.07 Å². The Balaban J connectivity index is 2.11. The zero-order chi connectivity index (χ0) is 18.7. The van der Waals surface area contributed by atoms with Crippen molar-refractivity contribution in [2.45, 2.75) is 6.42 Å². The van der Waals surface area contributed by atoms with Gasteiger partial charge >= 0.3 is 0 Å². The predicted octanol–water partition coefficient (Wildman–Crippen LogP) is 0.414. The van der Waals surface area contributed by atoms with Crippen LogP contribution in [0.15, 0.2) is 30.3 Å². The standard InChI is InChI=1S/C21H26N2O3/c1-22-17-12-15-8-9-23(2)18(16(15)13-20(17)25-4)10-14-6-7-19(24-3)21(11-14)26-5/h6-8,11-13,22H,9-10H2,1-5H3/p+1. The lowest BCUT2D eigenvalue weighted by atomic mass is 10.0. The van der Waals surface area contributed by atoms with E-state index in [2.05, 4.69) is 42.7 Å². The molecule has 5 nitrogen and oxygen atoms in total. The van der Waals surface area contributed by atoms with Crippen molar-refractivity contribution in [2.75, 3.05) is 47.3 Å². The highest BCUT2D eigenvalue weighted by Gasteiger charge is 2.18. The molecule has 0 aliphatic carbocycles. The Hall–Kier alpha value is -2.66. The van der Waals surface area contributed by atoms with Crippen molar-refractivity contribution in [1.82, 2.24) is 0 Å². The molecule has 3 rings (SSSR count). The minimum Gasteiger partial charge on any atom is -0.495 e. The van der Waals surface area contributed by atoms with E-state index in [4.69, 9.17) is 14.2 Å². The zero-order valence-electron chi connectivity index (χ0n) is 16.1. The number of methoxy groups -OCH3 is 3. The van der Waals surface area contributed by atoms with Gasteiger partial charge in [-0.3, -0.25) is 0 Å². The number of rotatable bonds is 6. The molecule has 1 unspecified atom stereocenters. The van der Waals surface area contributed by atoms with E-state index < -0.39 is 0 Å². The quantitative estimate of drug-likeness (QED) is 0.788. The van der Waals surface area contributed by atoms with E-state index >= 15 is 0 Å². The fraction of sp³-hybridized carbons (Fsp3) is 0.333. The Kier molecular flexibility index (Phi) is 5.38. The summed E-state index contributed by atoms with van der Waals surface area (Å²) in [6, 6.07) is 10.4. The van der Waals surface area contributed by atoms with E-state index in [0.29, 0.717) is 0 Å². The predicted molar refractivity (Wildman–Crippen MR) is 105 cm³/mol. The molecule has 0 fully saturated rings. The molecule has 0 bridgehead atoms. The second-order valence-electron chi connectivity index (χ2n) is 6.42. The second-order valence-corrected chi connectivity index (χ2v) is 6.42. The van der Waals surface area contributed by atoms with Gasteiger partial charge in [-0.05, 0) is 41.1 Å². The van der Waals surface area contributed by atoms with Crippen LogP contribution in [0.3, 0.4) is 0 Å². The number of ether oxygens (including phenoxy) is 3. The zero-order valence-corrected chi connectivity index (χ0v) is 16.1. The van der Waals surface area contributed by atoms with Crippen LogP contribution in [0.4, 0.5) is 5.69 Å². The lowest BCUT2D eigenvalue weighted by Gasteiger charge is -2.21. The van der Waals surface area contributed by atoms with Crippen LogP contribution in [-0.4, -0.2) is 42.0 Å². The van der Waals surface area contributed by atoms with Gasteiger partial charge in [0.15, 0.2) is 11.5 Å². The van der Waals surface area contributed by atoms with Gasteiger partial charge in [-0.15, -0.1) is 0 Å². The largest absolute Gasteiger partial charge is 0.495 e. The summed E-state index contributed by atoms with van der Waals surface area (Å²) in [7, 11) is 9.15. The number of benzene rings is 2. The van der Waals surface area contributed by atoms with Crippen LogP contribution in [0.25, 0.3) is 11.8 Å². The monoisotopic (exact) mass is 355 g/mol. The molecule has 2 aromatic rings.